The Morgan fingerprint density at radius 3 is 2.61 bits per heavy atom. The molecule has 0 aliphatic rings. The van der Waals surface area contributed by atoms with Gasteiger partial charge in [-0.2, -0.15) is 0 Å². The summed E-state index contributed by atoms with van der Waals surface area (Å²) in [5, 5.41) is 14.0. The van der Waals surface area contributed by atoms with E-state index in [1.165, 1.54) is 16.2 Å². The first-order valence-electron chi connectivity index (χ1n) is 5.33. The molecule has 0 aliphatic carbocycles. The molecule has 2 aromatic rings. The quantitative estimate of drug-likeness (QED) is 0.503. The molecule has 0 aromatic carbocycles. The molecular weight excluding hydrogens is 292 g/mol. The van der Waals surface area contributed by atoms with Crippen molar-refractivity contribution in [1.29, 1.82) is 0 Å². The third kappa shape index (κ3) is 3.78. The van der Waals surface area contributed by atoms with Gasteiger partial charge in [-0.05, 0) is 24.6 Å². The van der Waals surface area contributed by atoms with Crippen molar-refractivity contribution in [1.82, 2.24) is 5.32 Å². The molecule has 1 N–H and O–H groups in total. The van der Waals surface area contributed by atoms with Crippen molar-refractivity contribution in [3.63, 3.8) is 0 Å². The van der Waals surface area contributed by atoms with Gasteiger partial charge in [0, 0.05) is 28.9 Å². The zero-order chi connectivity index (χ0) is 13.0. The summed E-state index contributed by atoms with van der Waals surface area (Å²) in [6.45, 7) is 1.50. The molecule has 18 heavy (non-hydrogen) atoms. The zero-order valence-corrected chi connectivity index (χ0v) is 11.8. The van der Waals surface area contributed by atoms with E-state index in [1.807, 2.05) is 12.1 Å². The Morgan fingerprint density at radius 1 is 1.22 bits per heavy atom. The Balaban J connectivity index is 1.73. The molecule has 2 rings (SSSR count). The van der Waals surface area contributed by atoms with Crippen LogP contribution in [0.4, 0.5) is 5.00 Å². The van der Waals surface area contributed by atoms with Gasteiger partial charge in [-0.15, -0.1) is 11.3 Å². The third-order valence-corrected chi connectivity index (χ3v) is 4.63. The molecule has 0 fully saturated rings. The van der Waals surface area contributed by atoms with Crippen LogP contribution >= 0.6 is 34.3 Å². The highest BCUT2D eigenvalue weighted by molar-refractivity contribution is 7.16. The van der Waals surface area contributed by atoms with Crippen LogP contribution in [0.15, 0.2) is 24.3 Å². The second kappa shape index (κ2) is 6.29. The molecule has 0 saturated carbocycles. The summed E-state index contributed by atoms with van der Waals surface area (Å²) in [4.78, 5) is 12.4. The molecule has 0 saturated heterocycles. The fourth-order valence-corrected chi connectivity index (χ4v) is 3.35. The minimum absolute atomic E-state index is 0.192. The van der Waals surface area contributed by atoms with Crippen molar-refractivity contribution in [3.05, 3.63) is 48.5 Å². The van der Waals surface area contributed by atoms with Crippen molar-refractivity contribution in [2.45, 2.75) is 13.0 Å². The Kier molecular flexibility index (Phi) is 4.71. The minimum Gasteiger partial charge on any atom is -0.311 e. The highest BCUT2D eigenvalue weighted by atomic mass is 35.5. The van der Waals surface area contributed by atoms with Crippen LogP contribution in [-0.2, 0) is 13.0 Å². The van der Waals surface area contributed by atoms with E-state index in [2.05, 4.69) is 5.32 Å². The number of nitro groups is 1. The summed E-state index contributed by atoms with van der Waals surface area (Å²) in [6.07, 6.45) is 0.921. The van der Waals surface area contributed by atoms with Crippen LogP contribution in [-0.4, -0.2) is 11.5 Å². The molecule has 7 heteroatoms. The second-order valence-corrected chi connectivity index (χ2v) is 6.58. The van der Waals surface area contributed by atoms with Gasteiger partial charge in [0.1, 0.15) is 0 Å². The molecule has 0 spiro atoms. The van der Waals surface area contributed by atoms with E-state index in [0.29, 0.717) is 6.54 Å². The van der Waals surface area contributed by atoms with E-state index in [-0.39, 0.29) is 9.92 Å². The van der Waals surface area contributed by atoms with Gasteiger partial charge in [-0.3, -0.25) is 10.1 Å². The lowest BCUT2D eigenvalue weighted by Crippen LogP contribution is -2.15. The van der Waals surface area contributed by atoms with Gasteiger partial charge >= 0.3 is 5.00 Å². The zero-order valence-electron chi connectivity index (χ0n) is 9.39. The topological polar surface area (TPSA) is 55.2 Å². The molecule has 4 nitrogen and oxygen atoms in total. The van der Waals surface area contributed by atoms with E-state index in [0.717, 1.165) is 22.2 Å². The molecule has 96 valence electrons. The number of nitrogens with one attached hydrogen (secondary N) is 1. The Labute approximate surface area is 117 Å². The number of hydrogen-bond donors (Lipinski definition) is 1. The average Bonchev–Trinajstić information content (AvgIpc) is 2.93. The van der Waals surface area contributed by atoms with Crippen LogP contribution in [0.3, 0.4) is 0 Å². The number of rotatable bonds is 6. The molecule has 0 atom stereocenters. The first-order valence-corrected chi connectivity index (χ1v) is 7.34. The molecule has 0 amide bonds. The number of thiophene rings is 2. The van der Waals surface area contributed by atoms with Crippen LogP contribution in [0, 0.1) is 10.1 Å². The fourth-order valence-electron chi connectivity index (χ4n) is 1.47. The van der Waals surface area contributed by atoms with Crippen molar-refractivity contribution in [3.8, 4) is 0 Å². The van der Waals surface area contributed by atoms with Gasteiger partial charge in [0.05, 0.1) is 9.26 Å². The maximum atomic E-state index is 10.5. The van der Waals surface area contributed by atoms with Gasteiger partial charge < -0.3 is 5.32 Å². The lowest BCUT2D eigenvalue weighted by Gasteiger charge is -2.00. The van der Waals surface area contributed by atoms with E-state index in [4.69, 9.17) is 11.6 Å². The summed E-state index contributed by atoms with van der Waals surface area (Å²) in [5.74, 6) is 0. The van der Waals surface area contributed by atoms with Crippen molar-refractivity contribution >= 4 is 39.3 Å². The van der Waals surface area contributed by atoms with E-state index in [1.54, 1.807) is 23.5 Å². The monoisotopic (exact) mass is 302 g/mol. The average molecular weight is 303 g/mol. The highest BCUT2D eigenvalue weighted by Gasteiger charge is 2.08. The Morgan fingerprint density at radius 2 is 2.00 bits per heavy atom. The predicted octanol–water partition coefficient (Wildman–Crippen LogP) is 3.70. The molecule has 0 radical (unpaired) electrons. The second-order valence-electron chi connectivity index (χ2n) is 3.63. The van der Waals surface area contributed by atoms with Gasteiger partial charge in [0.2, 0.25) is 0 Å². The fraction of sp³-hybridized carbons (Fsp3) is 0.273. The lowest BCUT2D eigenvalue weighted by molar-refractivity contribution is -0.380. The molecule has 0 bridgehead atoms. The van der Waals surface area contributed by atoms with Gasteiger partial charge in [-0.25, -0.2) is 0 Å². The largest absolute Gasteiger partial charge is 0.324 e. The number of hydrogen-bond acceptors (Lipinski definition) is 5. The van der Waals surface area contributed by atoms with Crippen LogP contribution in [0.25, 0.3) is 0 Å². The summed E-state index contributed by atoms with van der Waals surface area (Å²) in [7, 11) is 0. The minimum atomic E-state index is -0.359. The summed E-state index contributed by atoms with van der Waals surface area (Å²) < 4.78 is 0.805. The van der Waals surface area contributed by atoms with Crippen molar-refractivity contribution < 1.29 is 4.92 Å². The van der Waals surface area contributed by atoms with Crippen molar-refractivity contribution in [2.24, 2.45) is 0 Å². The normalized spacial score (nSPS) is 10.7. The third-order valence-electron chi connectivity index (χ3n) is 2.30. The summed E-state index contributed by atoms with van der Waals surface area (Å²) >= 11 is 8.63. The number of nitrogens with zero attached hydrogens (tertiary/aromatic N) is 1. The molecule has 2 heterocycles. The predicted molar refractivity (Wildman–Crippen MR) is 75.7 cm³/mol. The molecular formula is C11H11ClN2O2S2. The van der Waals surface area contributed by atoms with Crippen LogP contribution in [0.1, 0.15) is 9.75 Å². The van der Waals surface area contributed by atoms with E-state index >= 15 is 0 Å². The van der Waals surface area contributed by atoms with E-state index in [9.17, 15) is 10.1 Å². The molecule has 2 aromatic heterocycles. The van der Waals surface area contributed by atoms with Gasteiger partial charge in [0.25, 0.3) is 0 Å². The smallest absolute Gasteiger partial charge is 0.311 e. The first kappa shape index (κ1) is 13.5. The summed E-state index contributed by atoms with van der Waals surface area (Å²) in [5.41, 5.74) is 0. The standard InChI is InChI=1S/C11H11ClN2O2S2/c12-10-3-1-8(17-10)5-6-13-7-9-2-4-11(18-9)14(15)16/h1-4,13H,5-7H2. The van der Waals surface area contributed by atoms with Gasteiger partial charge in [-0.1, -0.05) is 22.9 Å². The highest BCUT2D eigenvalue weighted by Crippen LogP contribution is 2.24. The van der Waals surface area contributed by atoms with Crippen LogP contribution in [0.2, 0.25) is 4.34 Å². The Hall–Kier alpha value is -0.950. The summed E-state index contributed by atoms with van der Waals surface area (Å²) in [6, 6.07) is 7.24. The first-order chi connectivity index (χ1) is 8.65. The Bertz CT molecular complexity index is 539. The van der Waals surface area contributed by atoms with Crippen LogP contribution < -0.4 is 5.32 Å². The molecule has 0 unspecified atom stereocenters. The maximum absolute atomic E-state index is 10.5. The number of halogens is 1. The van der Waals surface area contributed by atoms with Gasteiger partial charge in [0.15, 0.2) is 0 Å². The SMILES string of the molecule is O=[N+]([O-])c1ccc(CNCCc2ccc(Cl)s2)s1. The van der Waals surface area contributed by atoms with Crippen LogP contribution in [0.5, 0.6) is 0 Å². The lowest BCUT2D eigenvalue weighted by atomic mass is 10.3. The van der Waals surface area contributed by atoms with Crippen molar-refractivity contribution in [2.75, 3.05) is 6.54 Å². The molecule has 0 aliphatic heterocycles. The maximum Gasteiger partial charge on any atom is 0.324 e. The van der Waals surface area contributed by atoms with E-state index < -0.39 is 0 Å².